The lowest BCUT2D eigenvalue weighted by Gasteiger charge is -2.12. The number of methoxy groups -OCH3 is 1. The Bertz CT molecular complexity index is 1420. The molecule has 36 heavy (non-hydrogen) atoms. The fraction of sp³-hybridized carbons (Fsp3) is 0.0800. The van der Waals surface area contributed by atoms with E-state index in [1.807, 2.05) is 0 Å². The molecule has 0 aliphatic carbocycles. The van der Waals surface area contributed by atoms with E-state index in [4.69, 9.17) is 21.1 Å². The van der Waals surface area contributed by atoms with E-state index in [-0.39, 0.29) is 39.8 Å². The van der Waals surface area contributed by atoms with Crippen LogP contribution < -0.4 is 9.47 Å². The summed E-state index contributed by atoms with van der Waals surface area (Å²) in [7, 11) is 1.42. The van der Waals surface area contributed by atoms with Crippen molar-refractivity contribution in [2.75, 3.05) is 7.11 Å². The number of carbonyl (C=O) groups is 3. The van der Waals surface area contributed by atoms with Gasteiger partial charge in [0.25, 0.3) is 16.8 Å². The van der Waals surface area contributed by atoms with Crippen molar-refractivity contribution in [3.63, 3.8) is 0 Å². The molecular weight excluding hydrogens is 508 g/mol. The van der Waals surface area contributed by atoms with E-state index in [2.05, 4.69) is 0 Å². The van der Waals surface area contributed by atoms with Gasteiger partial charge in [-0.2, -0.15) is 0 Å². The molecule has 1 aliphatic heterocycles. The quantitative estimate of drug-likeness (QED) is 0.127. The van der Waals surface area contributed by atoms with Crippen LogP contribution in [0.2, 0.25) is 5.02 Å². The molecule has 0 N–H and O–H groups in total. The van der Waals surface area contributed by atoms with Crippen LogP contribution in [0.1, 0.15) is 21.5 Å². The summed E-state index contributed by atoms with van der Waals surface area (Å²) in [5.41, 5.74) is 0.777. The minimum absolute atomic E-state index is 0.107. The van der Waals surface area contributed by atoms with Gasteiger partial charge in [-0.25, -0.2) is 4.79 Å². The maximum absolute atomic E-state index is 12.9. The molecule has 3 aromatic carbocycles. The summed E-state index contributed by atoms with van der Waals surface area (Å²) in [5.74, 6) is -0.850. The SMILES string of the molecule is COc1ccc(/C=C2\SC(=O)N(Cc3ccccc3[N+](=O)[O-])C2=O)cc1OC(=O)c1cccc(Cl)c1. The van der Waals surface area contributed by atoms with Gasteiger partial charge in [0, 0.05) is 16.7 Å². The molecule has 9 nitrogen and oxygen atoms in total. The summed E-state index contributed by atoms with van der Waals surface area (Å²) in [5, 5.41) is 11.1. The van der Waals surface area contributed by atoms with Gasteiger partial charge in [-0.05, 0) is 53.7 Å². The summed E-state index contributed by atoms with van der Waals surface area (Å²) >= 11 is 6.66. The van der Waals surface area contributed by atoms with Crippen molar-refractivity contribution in [2.24, 2.45) is 0 Å². The molecule has 0 unspecified atom stereocenters. The summed E-state index contributed by atoms with van der Waals surface area (Å²) in [4.78, 5) is 49.8. The molecule has 2 amide bonds. The van der Waals surface area contributed by atoms with Crippen molar-refractivity contribution >= 4 is 52.2 Å². The van der Waals surface area contributed by atoms with Crippen molar-refractivity contribution in [1.29, 1.82) is 0 Å². The number of hydrogen-bond acceptors (Lipinski definition) is 8. The first-order chi connectivity index (χ1) is 17.3. The number of rotatable bonds is 7. The highest BCUT2D eigenvalue weighted by atomic mass is 35.5. The van der Waals surface area contributed by atoms with Gasteiger partial charge in [0.1, 0.15) is 0 Å². The predicted octanol–water partition coefficient (Wildman–Crippen LogP) is 5.71. The van der Waals surface area contributed by atoms with Crippen LogP contribution in [0.5, 0.6) is 11.5 Å². The van der Waals surface area contributed by atoms with Gasteiger partial charge in [-0.15, -0.1) is 0 Å². The monoisotopic (exact) mass is 524 g/mol. The molecule has 0 spiro atoms. The first-order valence-electron chi connectivity index (χ1n) is 10.4. The number of halogens is 1. The van der Waals surface area contributed by atoms with Crippen LogP contribution in [-0.2, 0) is 11.3 Å². The van der Waals surface area contributed by atoms with Crippen LogP contribution in [0, 0.1) is 10.1 Å². The molecule has 0 bridgehead atoms. The van der Waals surface area contributed by atoms with Crippen molar-refractivity contribution in [3.05, 3.63) is 103 Å². The number of nitro groups is 1. The van der Waals surface area contributed by atoms with Crippen LogP contribution in [0.25, 0.3) is 6.08 Å². The molecule has 0 radical (unpaired) electrons. The fourth-order valence-electron chi connectivity index (χ4n) is 3.42. The predicted molar refractivity (Wildman–Crippen MR) is 134 cm³/mol. The highest BCUT2D eigenvalue weighted by Gasteiger charge is 2.36. The zero-order valence-electron chi connectivity index (χ0n) is 18.7. The number of benzene rings is 3. The molecule has 1 fully saturated rings. The van der Waals surface area contributed by atoms with Crippen LogP contribution in [0.15, 0.2) is 71.6 Å². The van der Waals surface area contributed by atoms with E-state index in [9.17, 15) is 24.5 Å². The maximum atomic E-state index is 12.9. The normalized spacial score (nSPS) is 14.3. The van der Waals surface area contributed by atoms with Crippen LogP contribution in [0.4, 0.5) is 10.5 Å². The molecule has 0 atom stereocenters. The van der Waals surface area contributed by atoms with E-state index in [1.165, 1.54) is 43.5 Å². The largest absolute Gasteiger partial charge is 0.493 e. The zero-order chi connectivity index (χ0) is 25.8. The van der Waals surface area contributed by atoms with Crippen LogP contribution in [0.3, 0.4) is 0 Å². The molecule has 3 aromatic rings. The number of amides is 2. The van der Waals surface area contributed by atoms with E-state index in [0.717, 1.165) is 4.90 Å². The number of esters is 1. The molecule has 0 saturated carbocycles. The van der Waals surface area contributed by atoms with Crippen molar-refractivity contribution in [3.8, 4) is 11.5 Å². The number of para-hydroxylation sites is 1. The molecule has 1 heterocycles. The standard InChI is InChI=1S/C25H17ClN2O7S/c1-34-20-10-9-15(11-21(20)35-24(30)16-6-4-7-18(26)13-16)12-22-23(29)27(25(31)36-22)14-17-5-2-3-8-19(17)28(32)33/h2-13H,14H2,1H3/b22-12-. The molecule has 1 saturated heterocycles. The Morgan fingerprint density at radius 1 is 1.08 bits per heavy atom. The van der Waals surface area contributed by atoms with Gasteiger partial charge < -0.3 is 9.47 Å². The molecule has 0 aromatic heterocycles. The van der Waals surface area contributed by atoms with Crippen LogP contribution in [-0.4, -0.2) is 34.0 Å². The molecule has 4 rings (SSSR count). The molecule has 182 valence electrons. The van der Waals surface area contributed by atoms with Crippen molar-refractivity contribution in [2.45, 2.75) is 6.54 Å². The Hall–Kier alpha value is -4.15. The number of nitro benzene ring substituents is 1. The lowest BCUT2D eigenvalue weighted by atomic mass is 10.1. The third-order valence-electron chi connectivity index (χ3n) is 5.14. The number of hydrogen-bond donors (Lipinski definition) is 0. The average Bonchev–Trinajstić information content (AvgIpc) is 3.11. The Labute approximate surface area is 214 Å². The smallest absolute Gasteiger partial charge is 0.343 e. The highest BCUT2D eigenvalue weighted by Crippen LogP contribution is 2.36. The third kappa shape index (κ3) is 5.40. The summed E-state index contributed by atoms with van der Waals surface area (Å²) in [6.07, 6.45) is 1.47. The van der Waals surface area contributed by atoms with E-state index < -0.39 is 22.0 Å². The first kappa shape index (κ1) is 25.0. The molecule has 11 heteroatoms. The second-order valence-corrected chi connectivity index (χ2v) is 8.89. The van der Waals surface area contributed by atoms with Gasteiger partial charge in [0.05, 0.1) is 29.0 Å². The zero-order valence-corrected chi connectivity index (χ0v) is 20.2. The van der Waals surface area contributed by atoms with Crippen molar-refractivity contribution < 1.29 is 28.8 Å². The number of imide groups is 1. The second kappa shape index (κ2) is 10.6. The summed E-state index contributed by atoms with van der Waals surface area (Å²) < 4.78 is 10.8. The Morgan fingerprint density at radius 2 is 1.86 bits per heavy atom. The first-order valence-corrected chi connectivity index (χ1v) is 11.6. The number of thioether (sulfide) groups is 1. The van der Waals surface area contributed by atoms with Crippen LogP contribution >= 0.6 is 23.4 Å². The summed E-state index contributed by atoms with van der Waals surface area (Å²) in [6, 6.07) is 16.9. The van der Waals surface area contributed by atoms with Gasteiger partial charge in [-0.1, -0.05) is 41.9 Å². The van der Waals surface area contributed by atoms with Gasteiger partial charge >= 0.3 is 5.97 Å². The Kier molecular flexibility index (Phi) is 7.37. The molecular formula is C25H17ClN2O7S. The van der Waals surface area contributed by atoms with E-state index in [0.29, 0.717) is 22.3 Å². The lowest BCUT2D eigenvalue weighted by Crippen LogP contribution is -2.27. The fourth-order valence-corrected chi connectivity index (χ4v) is 4.45. The lowest BCUT2D eigenvalue weighted by molar-refractivity contribution is -0.385. The van der Waals surface area contributed by atoms with Gasteiger partial charge in [-0.3, -0.25) is 24.6 Å². The number of ether oxygens (including phenoxy) is 2. The van der Waals surface area contributed by atoms with E-state index in [1.54, 1.807) is 36.4 Å². The number of nitrogens with zero attached hydrogens (tertiary/aromatic N) is 2. The highest BCUT2D eigenvalue weighted by molar-refractivity contribution is 8.18. The number of carbonyl (C=O) groups excluding carboxylic acids is 3. The second-order valence-electron chi connectivity index (χ2n) is 7.46. The average molecular weight is 525 g/mol. The Balaban J connectivity index is 1.57. The maximum Gasteiger partial charge on any atom is 0.343 e. The van der Waals surface area contributed by atoms with Gasteiger partial charge in [0.2, 0.25) is 0 Å². The minimum atomic E-state index is -0.655. The van der Waals surface area contributed by atoms with Gasteiger partial charge in [0.15, 0.2) is 11.5 Å². The van der Waals surface area contributed by atoms with Crippen molar-refractivity contribution in [1.82, 2.24) is 4.90 Å². The van der Waals surface area contributed by atoms with E-state index >= 15 is 0 Å². The topological polar surface area (TPSA) is 116 Å². The Morgan fingerprint density at radius 3 is 2.58 bits per heavy atom. The third-order valence-corrected chi connectivity index (χ3v) is 6.28. The summed E-state index contributed by atoms with van der Waals surface area (Å²) in [6.45, 7) is -0.232. The molecule has 1 aliphatic rings. The minimum Gasteiger partial charge on any atom is -0.493 e.